The normalized spacial score (nSPS) is 21.1. The van der Waals surface area contributed by atoms with Crippen molar-refractivity contribution in [3.05, 3.63) is 33.9 Å². The van der Waals surface area contributed by atoms with Crippen molar-refractivity contribution in [3.63, 3.8) is 0 Å². The molecule has 5 heteroatoms. The van der Waals surface area contributed by atoms with Crippen LogP contribution in [0.3, 0.4) is 0 Å². The summed E-state index contributed by atoms with van der Waals surface area (Å²) in [6.07, 6.45) is 3.47. The van der Waals surface area contributed by atoms with Gasteiger partial charge in [-0.3, -0.25) is 10.1 Å². The van der Waals surface area contributed by atoms with Crippen LogP contribution in [-0.2, 0) is 0 Å². The van der Waals surface area contributed by atoms with E-state index in [1.807, 2.05) is 6.07 Å². The first-order chi connectivity index (χ1) is 8.65. The Morgan fingerprint density at radius 2 is 2.39 bits per heavy atom. The summed E-state index contributed by atoms with van der Waals surface area (Å²) in [5.74, 6) is 0.678. The maximum Gasteiger partial charge on any atom is 0.270 e. The van der Waals surface area contributed by atoms with Gasteiger partial charge in [0, 0.05) is 18.2 Å². The minimum Gasteiger partial charge on any atom is -0.381 e. The van der Waals surface area contributed by atoms with Gasteiger partial charge in [0.05, 0.1) is 16.2 Å². The van der Waals surface area contributed by atoms with Gasteiger partial charge in [0.2, 0.25) is 0 Å². The number of anilines is 1. The molecular formula is C13H15N3O2. The third-order valence-corrected chi connectivity index (χ3v) is 3.26. The molecule has 1 N–H and O–H groups in total. The molecule has 0 aliphatic heterocycles. The molecule has 0 heterocycles. The quantitative estimate of drug-likeness (QED) is 0.638. The van der Waals surface area contributed by atoms with E-state index in [1.165, 1.54) is 18.6 Å². The number of rotatable bonds is 5. The Hall–Kier alpha value is -2.09. The lowest BCUT2D eigenvalue weighted by atomic mass is 10.1. The zero-order valence-electron chi connectivity index (χ0n) is 10.2. The first kappa shape index (κ1) is 12.4. The maximum absolute atomic E-state index is 10.6. The van der Waals surface area contributed by atoms with E-state index < -0.39 is 4.92 Å². The molecule has 1 aliphatic carbocycles. The second-order valence-electron chi connectivity index (χ2n) is 4.63. The Balaban J connectivity index is 2.10. The van der Waals surface area contributed by atoms with Crippen molar-refractivity contribution in [1.82, 2.24) is 0 Å². The Kier molecular flexibility index (Phi) is 3.47. The van der Waals surface area contributed by atoms with Crippen molar-refractivity contribution in [2.75, 3.05) is 5.32 Å². The molecule has 0 radical (unpaired) electrons. The average molecular weight is 245 g/mol. The Labute approximate surface area is 106 Å². The summed E-state index contributed by atoms with van der Waals surface area (Å²) in [6.45, 7) is 2.15. The second kappa shape index (κ2) is 5.05. The molecule has 0 bridgehead atoms. The molecule has 1 saturated carbocycles. The van der Waals surface area contributed by atoms with Crippen molar-refractivity contribution >= 4 is 11.4 Å². The lowest BCUT2D eigenvalue weighted by Crippen LogP contribution is -2.06. The Morgan fingerprint density at radius 1 is 1.61 bits per heavy atom. The SMILES string of the molecule is CCCC1CC1Nc1ccc([N+](=O)[O-])cc1C#N. The van der Waals surface area contributed by atoms with Crippen molar-refractivity contribution < 1.29 is 4.92 Å². The van der Waals surface area contributed by atoms with E-state index in [1.54, 1.807) is 6.07 Å². The number of non-ortho nitro benzene ring substituents is 1. The van der Waals surface area contributed by atoms with Gasteiger partial charge in [-0.1, -0.05) is 13.3 Å². The highest BCUT2D eigenvalue weighted by atomic mass is 16.6. The summed E-state index contributed by atoms with van der Waals surface area (Å²) >= 11 is 0. The Morgan fingerprint density at radius 3 is 3.00 bits per heavy atom. The van der Waals surface area contributed by atoms with E-state index in [9.17, 15) is 10.1 Å². The first-order valence-electron chi connectivity index (χ1n) is 6.10. The molecule has 2 rings (SSSR count). The predicted molar refractivity (Wildman–Crippen MR) is 68.2 cm³/mol. The van der Waals surface area contributed by atoms with Crippen LogP contribution in [0.25, 0.3) is 0 Å². The molecule has 0 saturated heterocycles. The number of nitrogens with one attached hydrogen (secondary N) is 1. The van der Waals surface area contributed by atoms with Gasteiger partial charge in [-0.25, -0.2) is 0 Å². The zero-order chi connectivity index (χ0) is 13.1. The number of nitrogens with zero attached hydrogens (tertiary/aromatic N) is 2. The largest absolute Gasteiger partial charge is 0.381 e. The van der Waals surface area contributed by atoms with Gasteiger partial charge < -0.3 is 5.32 Å². The van der Waals surface area contributed by atoms with Crippen LogP contribution >= 0.6 is 0 Å². The van der Waals surface area contributed by atoms with Crippen molar-refractivity contribution in [2.24, 2.45) is 5.92 Å². The van der Waals surface area contributed by atoms with E-state index >= 15 is 0 Å². The maximum atomic E-state index is 10.6. The summed E-state index contributed by atoms with van der Waals surface area (Å²) in [4.78, 5) is 10.1. The highest BCUT2D eigenvalue weighted by Gasteiger charge is 2.36. The first-order valence-corrected chi connectivity index (χ1v) is 6.10. The van der Waals surface area contributed by atoms with Gasteiger partial charge in [0.1, 0.15) is 6.07 Å². The van der Waals surface area contributed by atoms with E-state index in [2.05, 4.69) is 12.2 Å². The van der Waals surface area contributed by atoms with Crippen LogP contribution in [0.1, 0.15) is 31.7 Å². The third kappa shape index (κ3) is 2.59. The standard InChI is InChI=1S/C13H15N3O2/c1-2-3-9-7-13(9)15-12-5-4-11(16(17)18)6-10(12)8-14/h4-6,9,13,15H,2-3,7H2,1H3. The smallest absolute Gasteiger partial charge is 0.270 e. The fourth-order valence-corrected chi connectivity index (χ4v) is 2.18. The number of nitriles is 1. The van der Waals surface area contributed by atoms with Crippen LogP contribution in [0.5, 0.6) is 0 Å². The summed E-state index contributed by atoms with van der Waals surface area (Å²) in [7, 11) is 0. The molecule has 1 aromatic carbocycles. The highest BCUT2D eigenvalue weighted by Crippen LogP contribution is 2.38. The van der Waals surface area contributed by atoms with Gasteiger partial charge in [0.25, 0.3) is 5.69 Å². The highest BCUT2D eigenvalue weighted by molar-refractivity contribution is 5.62. The minimum absolute atomic E-state index is 0.0435. The molecule has 0 spiro atoms. The van der Waals surface area contributed by atoms with Crippen LogP contribution in [0.4, 0.5) is 11.4 Å². The lowest BCUT2D eigenvalue weighted by molar-refractivity contribution is -0.384. The molecule has 0 amide bonds. The van der Waals surface area contributed by atoms with Crippen LogP contribution in [0, 0.1) is 27.4 Å². The summed E-state index contributed by atoms with van der Waals surface area (Å²) in [5, 5.41) is 22.9. The molecule has 5 nitrogen and oxygen atoms in total. The summed E-state index contributed by atoms with van der Waals surface area (Å²) in [6, 6.07) is 6.79. The summed E-state index contributed by atoms with van der Waals surface area (Å²) < 4.78 is 0. The molecule has 2 atom stereocenters. The van der Waals surface area contributed by atoms with E-state index in [4.69, 9.17) is 5.26 Å². The molecule has 94 valence electrons. The number of hydrogen-bond acceptors (Lipinski definition) is 4. The monoisotopic (exact) mass is 245 g/mol. The number of nitro benzene ring substituents is 1. The zero-order valence-corrected chi connectivity index (χ0v) is 10.2. The molecule has 1 aromatic rings. The van der Waals surface area contributed by atoms with Gasteiger partial charge in [0.15, 0.2) is 0 Å². The van der Waals surface area contributed by atoms with Crippen molar-refractivity contribution in [1.29, 1.82) is 5.26 Å². The van der Waals surface area contributed by atoms with E-state index in [0.717, 1.165) is 12.8 Å². The van der Waals surface area contributed by atoms with E-state index in [-0.39, 0.29) is 5.69 Å². The van der Waals surface area contributed by atoms with E-state index in [0.29, 0.717) is 23.2 Å². The van der Waals surface area contributed by atoms with Gasteiger partial charge in [-0.2, -0.15) is 5.26 Å². The molecule has 1 aliphatic rings. The topological polar surface area (TPSA) is 79.0 Å². The molecular weight excluding hydrogens is 230 g/mol. The average Bonchev–Trinajstić information content (AvgIpc) is 3.08. The van der Waals surface area contributed by atoms with Gasteiger partial charge in [-0.15, -0.1) is 0 Å². The molecule has 1 fully saturated rings. The lowest BCUT2D eigenvalue weighted by Gasteiger charge is -2.07. The second-order valence-corrected chi connectivity index (χ2v) is 4.63. The fraction of sp³-hybridized carbons (Fsp3) is 0.462. The minimum atomic E-state index is -0.484. The van der Waals surface area contributed by atoms with Crippen LogP contribution in [0.2, 0.25) is 0 Å². The summed E-state index contributed by atoms with van der Waals surface area (Å²) in [5.41, 5.74) is 0.996. The van der Waals surface area contributed by atoms with Crippen LogP contribution in [0.15, 0.2) is 18.2 Å². The molecule has 2 unspecified atom stereocenters. The number of benzene rings is 1. The third-order valence-electron chi connectivity index (χ3n) is 3.26. The van der Waals surface area contributed by atoms with Gasteiger partial charge >= 0.3 is 0 Å². The fourth-order valence-electron chi connectivity index (χ4n) is 2.18. The van der Waals surface area contributed by atoms with Gasteiger partial charge in [-0.05, 0) is 24.8 Å². The van der Waals surface area contributed by atoms with Crippen LogP contribution in [-0.4, -0.2) is 11.0 Å². The van der Waals surface area contributed by atoms with Crippen molar-refractivity contribution in [2.45, 2.75) is 32.2 Å². The number of hydrogen-bond donors (Lipinski definition) is 1. The van der Waals surface area contributed by atoms with Crippen LogP contribution < -0.4 is 5.32 Å². The van der Waals surface area contributed by atoms with Crippen molar-refractivity contribution in [3.8, 4) is 6.07 Å². The number of nitro groups is 1. The predicted octanol–water partition coefficient (Wildman–Crippen LogP) is 3.07. The molecule has 18 heavy (non-hydrogen) atoms. The molecule has 0 aromatic heterocycles. The Bertz CT molecular complexity index is 507.